The Bertz CT molecular complexity index is 659. The monoisotopic (exact) mass is 326 g/mol. The lowest BCUT2D eigenvalue weighted by Crippen LogP contribution is -2.18. The Kier molecular flexibility index (Phi) is 4.92. The molecule has 2 rings (SSSR count). The van der Waals surface area contributed by atoms with Gasteiger partial charge in [-0.25, -0.2) is 4.98 Å². The molecule has 1 aromatic carbocycles. The third-order valence-corrected chi connectivity index (χ3v) is 3.14. The lowest BCUT2D eigenvalue weighted by molar-refractivity contribution is -0.141. The molecule has 0 saturated carbocycles. The molecule has 0 unspecified atom stereocenters. The first kappa shape index (κ1) is 16.9. The molecule has 0 bridgehead atoms. The molecule has 0 fully saturated rings. The Balaban J connectivity index is 2.33. The molecule has 0 amide bonds. The van der Waals surface area contributed by atoms with E-state index in [1.807, 2.05) is 13.8 Å². The quantitative estimate of drug-likeness (QED) is 0.720. The van der Waals surface area contributed by atoms with E-state index in [4.69, 9.17) is 0 Å². The van der Waals surface area contributed by atoms with Crippen LogP contribution in [-0.4, -0.2) is 21.1 Å². The molecule has 3 N–H and O–H groups in total. The normalized spacial score (nSPS) is 12.7. The van der Waals surface area contributed by atoms with Crippen LogP contribution in [-0.2, 0) is 6.18 Å². The SMILES string of the molecule is CC[C@H](C)Nc1nc(Nc2ccc(O)cc2)cc(C(F)(F)F)n1. The van der Waals surface area contributed by atoms with Crippen LogP contribution in [0.5, 0.6) is 5.75 Å². The highest BCUT2D eigenvalue weighted by atomic mass is 19.4. The summed E-state index contributed by atoms with van der Waals surface area (Å²) in [5, 5.41) is 14.8. The van der Waals surface area contributed by atoms with Gasteiger partial charge in [0, 0.05) is 17.8 Å². The Morgan fingerprint density at radius 3 is 2.39 bits per heavy atom. The third kappa shape index (κ3) is 4.73. The van der Waals surface area contributed by atoms with Gasteiger partial charge in [0.05, 0.1) is 0 Å². The predicted molar refractivity (Wildman–Crippen MR) is 81.8 cm³/mol. The lowest BCUT2D eigenvalue weighted by Gasteiger charge is -2.15. The fraction of sp³-hybridized carbons (Fsp3) is 0.333. The molecule has 23 heavy (non-hydrogen) atoms. The Morgan fingerprint density at radius 1 is 1.17 bits per heavy atom. The van der Waals surface area contributed by atoms with Crippen molar-refractivity contribution in [3.8, 4) is 5.75 Å². The van der Waals surface area contributed by atoms with E-state index in [2.05, 4.69) is 20.6 Å². The van der Waals surface area contributed by atoms with E-state index in [0.29, 0.717) is 5.69 Å². The number of hydrogen-bond acceptors (Lipinski definition) is 5. The maximum absolute atomic E-state index is 13.0. The van der Waals surface area contributed by atoms with Crippen LogP contribution in [0.2, 0.25) is 0 Å². The second-order valence-corrected chi connectivity index (χ2v) is 5.09. The minimum atomic E-state index is -4.57. The van der Waals surface area contributed by atoms with Crippen LogP contribution in [0, 0.1) is 0 Å². The largest absolute Gasteiger partial charge is 0.508 e. The molecule has 5 nitrogen and oxygen atoms in total. The Labute approximate surface area is 131 Å². The minimum absolute atomic E-state index is 0.0174. The minimum Gasteiger partial charge on any atom is -0.508 e. The van der Waals surface area contributed by atoms with Crippen molar-refractivity contribution in [2.75, 3.05) is 10.6 Å². The number of hydrogen-bond donors (Lipinski definition) is 3. The van der Waals surface area contributed by atoms with Gasteiger partial charge in [0.15, 0.2) is 5.69 Å². The summed E-state index contributed by atoms with van der Waals surface area (Å²) in [6.45, 7) is 3.73. The smallest absolute Gasteiger partial charge is 0.433 e. The van der Waals surface area contributed by atoms with E-state index in [-0.39, 0.29) is 23.6 Å². The van der Waals surface area contributed by atoms with Crippen LogP contribution in [0.4, 0.5) is 30.6 Å². The topological polar surface area (TPSA) is 70.1 Å². The van der Waals surface area contributed by atoms with Gasteiger partial charge >= 0.3 is 6.18 Å². The summed E-state index contributed by atoms with van der Waals surface area (Å²) in [4.78, 5) is 7.58. The number of phenolic OH excluding ortho intramolecular Hbond substituents is 1. The number of nitrogens with zero attached hydrogens (tertiary/aromatic N) is 2. The predicted octanol–water partition coefficient (Wildman–Crippen LogP) is 4.16. The molecule has 2 aromatic rings. The standard InChI is InChI=1S/C15H17F3N4O/c1-3-9(2)19-14-21-12(15(16,17)18)8-13(22-14)20-10-4-6-11(23)7-5-10/h4-9,23H,3H2,1-2H3,(H2,19,20,21,22)/t9-/m0/s1. The number of rotatable bonds is 5. The molecule has 0 radical (unpaired) electrons. The summed E-state index contributed by atoms with van der Waals surface area (Å²) < 4.78 is 38.9. The zero-order valence-corrected chi connectivity index (χ0v) is 12.6. The number of phenols is 1. The maximum Gasteiger partial charge on any atom is 0.433 e. The zero-order valence-electron chi connectivity index (χ0n) is 12.6. The number of aromatic nitrogens is 2. The summed E-state index contributed by atoms with van der Waals surface area (Å²) in [5.74, 6) is -0.00684. The van der Waals surface area contributed by atoms with Crippen molar-refractivity contribution in [2.24, 2.45) is 0 Å². The molecule has 1 atom stereocenters. The third-order valence-electron chi connectivity index (χ3n) is 3.14. The van der Waals surface area contributed by atoms with Crippen LogP contribution in [0.1, 0.15) is 26.0 Å². The lowest BCUT2D eigenvalue weighted by atomic mass is 10.3. The van der Waals surface area contributed by atoms with Gasteiger partial charge in [0.1, 0.15) is 11.6 Å². The van der Waals surface area contributed by atoms with Crippen LogP contribution in [0.25, 0.3) is 0 Å². The molecule has 8 heteroatoms. The summed E-state index contributed by atoms with van der Waals surface area (Å²) >= 11 is 0. The number of nitrogens with one attached hydrogen (secondary N) is 2. The highest BCUT2D eigenvalue weighted by molar-refractivity contribution is 5.58. The molecule has 1 aromatic heterocycles. The molecule has 124 valence electrons. The highest BCUT2D eigenvalue weighted by Crippen LogP contribution is 2.30. The van der Waals surface area contributed by atoms with Gasteiger partial charge in [0.25, 0.3) is 0 Å². The Morgan fingerprint density at radius 2 is 1.83 bits per heavy atom. The van der Waals surface area contributed by atoms with Crippen molar-refractivity contribution in [1.82, 2.24) is 9.97 Å². The van der Waals surface area contributed by atoms with Gasteiger partial charge in [-0.2, -0.15) is 18.2 Å². The van der Waals surface area contributed by atoms with E-state index >= 15 is 0 Å². The molecule has 0 saturated heterocycles. The molecular weight excluding hydrogens is 309 g/mol. The summed E-state index contributed by atoms with van der Waals surface area (Å²) in [7, 11) is 0. The number of halogens is 3. The summed E-state index contributed by atoms with van der Waals surface area (Å²) in [5.41, 5.74) is -0.524. The van der Waals surface area contributed by atoms with Gasteiger partial charge < -0.3 is 15.7 Å². The average Bonchev–Trinajstić information content (AvgIpc) is 2.48. The van der Waals surface area contributed by atoms with Crippen molar-refractivity contribution in [1.29, 1.82) is 0 Å². The van der Waals surface area contributed by atoms with Crippen molar-refractivity contribution in [3.63, 3.8) is 0 Å². The molecule has 0 aliphatic heterocycles. The van der Waals surface area contributed by atoms with Gasteiger partial charge in [-0.05, 0) is 37.6 Å². The van der Waals surface area contributed by atoms with Crippen molar-refractivity contribution in [2.45, 2.75) is 32.5 Å². The van der Waals surface area contributed by atoms with E-state index in [1.54, 1.807) is 0 Å². The van der Waals surface area contributed by atoms with Crippen LogP contribution < -0.4 is 10.6 Å². The van der Waals surface area contributed by atoms with Crippen molar-refractivity contribution < 1.29 is 18.3 Å². The van der Waals surface area contributed by atoms with Crippen LogP contribution in [0.15, 0.2) is 30.3 Å². The van der Waals surface area contributed by atoms with Gasteiger partial charge in [-0.15, -0.1) is 0 Å². The van der Waals surface area contributed by atoms with E-state index in [1.165, 1.54) is 24.3 Å². The van der Waals surface area contributed by atoms with Gasteiger partial charge in [0.2, 0.25) is 5.95 Å². The summed E-state index contributed by atoms with van der Waals surface area (Å²) in [6, 6.07) is 6.70. The summed E-state index contributed by atoms with van der Waals surface area (Å²) in [6.07, 6.45) is -3.85. The van der Waals surface area contributed by atoms with E-state index in [9.17, 15) is 18.3 Å². The number of aromatic hydroxyl groups is 1. The molecule has 1 heterocycles. The second kappa shape index (κ2) is 6.72. The van der Waals surface area contributed by atoms with Crippen molar-refractivity contribution in [3.05, 3.63) is 36.0 Å². The highest BCUT2D eigenvalue weighted by Gasteiger charge is 2.33. The van der Waals surface area contributed by atoms with Gasteiger partial charge in [-0.3, -0.25) is 0 Å². The van der Waals surface area contributed by atoms with Crippen LogP contribution >= 0.6 is 0 Å². The first-order valence-electron chi connectivity index (χ1n) is 7.07. The van der Waals surface area contributed by atoms with Crippen LogP contribution in [0.3, 0.4) is 0 Å². The molecular formula is C15H17F3N4O. The fourth-order valence-electron chi connectivity index (χ4n) is 1.74. The maximum atomic E-state index is 13.0. The second-order valence-electron chi connectivity index (χ2n) is 5.09. The number of benzene rings is 1. The number of anilines is 3. The van der Waals surface area contributed by atoms with Crippen molar-refractivity contribution >= 4 is 17.5 Å². The fourth-order valence-corrected chi connectivity index (χ4v) is 1.74. The average molecular weight is 326 g/mol. The molecule has 0 spiro atoms. The molecule has 0 aliphatic carbocycles. The first-order chi connectivity index (χ1) is 10.8. The Hall–Kier alpha value is -2.51. The first-order valence-corrected chi connectivity index (χ1v) is 7.07. The van der Waals surface area contributed by atoms with E-state index in [0.717, 1.165) is 12.5 Å². The molecule has 0 aliphatic rings. The van der Waals surface area contributed by atoms with Gasteiger partial charge in [-0.1, -0.05) is 6.92 Å². The van der Waals surface area contributed by atoms with E-state index < -0.39 is 11.9 Å². The zero-order chi connectivity index (χ0) is 17.0. The number of alkyl halides is 3.